The van der Waals surface area contributed by atoms with Gasteiger partial charge in [-0.05, 0) is 38.1 Å². The van der Waals surface area contributed by atoms with Crippen molar-refractivity contribution in [2.24, 2.45) is 0 Å². The zero-order valence-electron chi connectivity index (χ0n) is 11.8. The van der Waals surface area contributed by atoms with Gasteiger partial charge in [-0.1, -0.05) is 6.92 Å². The third-order valence-electron chi connectivity index (χ3n) is 2.34. The van der Waals surface area contributed by atoms with Crippen LogP contribution in [0.2, 0.25) is 0 Å². The van der Waals surface area contributed by atoms with Gasteiger partial charge in [0.15, 0.2) is 24.0 Å². The lowest BCUT2D eigenvalue weighted by atomic mass is 10.2. The van der Waals surface area contributed by atoms with Crippen molar-refractivity contribution in [3.63, 3.8) is 0 Å². The molecule has 0 radical (unpaired) electrons. The molecule has 0 unspecified atom stereocenters. The molecule has 20 heavy (non-hydrogen) atoms. The highest BCUT2D eigenvalue weighted by Crippen LogP contribution is 2.23. The standard InChI is InChI=1S/C14H19F2NO3/c1-4-17-7-10-5-11(15)14(12(16)6-10)19-8-13(18)20-9(2)3/h5-6,9,17H,4,7-8H2,1-3H3. The molecule has 0 aliphatic carbocycles. The zero-order chi connectivity index (χ0) is 15.1. The van der Waals surface area contributed by atoms with Gasteiger partial charge in [-0.15, -0.1) is 0 Å². The number of rotatable bonds is 7. The second kappa shape index (κ2) is 7.79. The van der Waals surface area contributed by atoms with Crippen LogP contribution in [0.4, 0.5) is 8.78 Å². The fourth-order valence-electron chi connectivity index (χ4n) is 1.55. The second-order valence-electron chi connectivity index (χ2n) is 4.50. The van der Waals surface area contributed by atoms with Crippen LogP contribution in [0.25, 0.3) is 0 Å². The van der Waals surface area contributed by atoms with Crippen LogP contribution in [-0.2, 0) is 16.1 Å². The molecule has 0 saturated carbocycles. The topological polar surface area (TPSA) is 47.6 Å². The summed E-state index contributed by atoms with van der Waals surface area (Å²) in [4.78, 5) is 11.3. The van der Waals surface area contributed by atoms with Crippen LogP contribution in [0.15, 0.2) is 12.1 Å². The van der Waals surface area contributed by atoms with Crippen LogP contribution >= 0.6 is 0 Å². The normalized spacial score (nSPS) is 10.7. The van der Waals surface area contributed by atoms with Crippen molar-refractivity contribution in [2.45, 2.75) is 33.4 Å². The maximum Gasteiger partial charge on any atom is 0.344 e. The highest BCUT2D eigenvalue weighted by Gasteiger charge is 2.15. The first-order chi connectivity index (χ1) is 9.43. The monoisotopic (exact) mass is 287 g/mol. The average molecular weight is 287 g/mol. The van der Waals surface area contributed by atoms with Crippen LogP contribution in [-0.4, -0.2) is 25.2 Å². The third-order valence-corrected chi connectivity index (χ3v) is 2.34. The molecule has 0 aromatic heterocycles. The van der Waals surface area contributed by atoms with E-state index in [9.17, 15) is 13.6 Å². The van der Waals surface area contributed by atoms with Crippen molar-refractivity contribution in [2.75, 3.05) is 13.2 Å². The number of hydrogen-bond donors (Lipinski definition) is 1. The summed E-state index contributed by atoms with van der Waals surface area (Å²) in [7, 11) is 0. The van der Waals surface area contributed by atoms with E-state index in [2.05, 4.69) is 5.32 Å². The van der Waals surface area contributed by atoms with Gasteiger partial charge >= 0.3 is 5.97 Å². The van der Waals surface area contributed by atoms with Crippen molar-refractivity contribution in [3.8, 4) is 5.75 Å². The average Bonchev–Trinajstić information content (AvgIpc) is 2.34. The minimum atomic E-state index is -0.838. The predicted molar refractivity (Wildman–Crippen MR) is 70.5 cm³/mol. The zero-order valence-corrected chi connectivity index (χ0v) is 11.8. The molecule has 0 amide bonds. The molecule has 0 bridgehead atoms. The molecule has 0 heterocycles. The Balaban J connectivity index is 2.69. The first kappa shape index (κ1) is 16.4. The largest absolute Gasteiger partial charge is 0.476 e. The Hall–Kier alpha value is -1.69. The summed E-state index contributed by atoms with van der Waals surface area (Å²) in [6.07, 6.45) is -0.303. The van der Waals surface area contributed by atoms with E-state index < -0.39 is 30.0 Å². The maximum absolute atomic E-state index is 13.7. The first-order valence-corrected chi connectivity index (χ1v) is 6.45. The summed E-state index contributed by atoms with van der Waals surface area (Å²) < 4.78 is 37.1. The quantitative estimate of drug-likeness (QED) is 0.782. The molecule has 0 spiro atoms. The lowest BCUT2D eigenvalue weighted by Gasteiger charge is -2.11. The number of carbonyl (C=O) groups excluding carboxylic acids is 1. The van der Waals surface area contributed by atoms with Crippen molar-refractivity contribution < 1.29 is 23.0 Å². The molecular weight excluding hydrogens is 268 g/mol. The number of benzene rings is 1. The molecule has 1 aromatic carbocycles. The Bertz CT molecular complexity index is 441. The summed E-state index contributed by atoms with van der Waals surface area (Å²) >= 11 is 0. The molecule has 0 saturated heterocycles. The minimum absolute atomic E-state index is 0.303. The summed E-state index contributed by atoms with van der Waals surface area (Å²) in [6, 6.07) is 2.35. The number of esters is 1. The summed E-state index contributed by atoms with van der Waals surface area (Å²) in [6.45, 7) is 5.77. The number of nitrogens with one attached hydrogen (secondary N) is 1. The Morgan fingerprint density at radius 1 is 1.30 bits per heavy atom. The number of hydrogen-bond acceptors (Lipinski definition) is 4. The molecular formula is C14H19F2NO3. The van der Waals surface area contributed by atoms with Crippen molar-refractivity contribution in [1.82, 2.24) is 5.32 Å². The van der Waals surface area contributed by atoms with Crippen molar-refractivity contribution >= 4 is 5.97 Å². The number of halogens is 2. The van der Waals surface area contributed by atoms with E-state index >= 15 is 0 Å². The highest BCUT2D eigenvalue weighted by molar-refractivity contribution is 5.71. The van der Waals surface area contributed by atoms with Gasteiger partial charge in [0.25, 0.3) is 0 Å². The smallest absolute Gasteiger partial charge is 0.344 e. The molecule has 0 aliphatic heterocycles. The van der Waals surface area contributed by atoms with E-state index in [4.69, 9.17) is 9.47 Å². The molecule has 112 valence electrons. The predicted octanol–water partition coefficient (Wildman–Crippen LogP) is 2.40. The number of carbonyl (C=O) groups is 1. The van der Waals surface area contributed by atoms with Gasteiger partial charge in [0, 0.05) is 6.54 Å². The molecule has 0 aliphatic rings. The molecule has 1 N–H and O–H groups in total. The maximum atomic E-state index is 13.7. The van der Waals surface area contributed by atoms with Gasteiger partial charge in [-0.3, -0.25) is 0 Å². The Morgan fingerprint density at radius 3 is 2.40 bits per heavy atom. The van der Waals surface area contributed by atoms with Crippen LogP contribution < -0.4 is 10.1 Å². The van der Waals surface area contributed by atoms with E-state index in [0.29, 0.717) is 18.7 Å². The van der Waals surface area contributed by atoms with Crippen LogP contribution in [0.5, 0.6) is 5.75 Å². The Morgan fingerprint density at radius 2 is 1.90 bits per heavy atom. The Labute approximate surface area is 117 Å². The SMILES string of the molecule is CCNCc1cc(F)c(OCC(=O)OC(C)C)c(F)c1. The van der Waals surface area contributed by atoms with E-state index in [1.54, 1.807) is 13.8 Å². The summed E-state index contributed by atoms with van der Waals surface area (Å²) in [5, 5.41) is 2.96. The van der Waals surface area contributed by atoms with E-state index in [0.717, 1.165) is 0 Å². The summed E-state index contributed by atoms with van der Waals surface area (Å²) in [5.41, 5.74) is 0.471. The fourth-order valence-corrected chi connectivity index (χ4v) is 1.55. The van der Waals surface area contributed by atoms with Gasteiger partial charge in [0.05, 0.1) is 6.10 Å². The van der Waals surface area contributed by atoms with Gasteiger partial charge in [-0.2, -0.15) is 0 Å². The van der Waals surface area contributed by atoms with Crippen LogP contribution in [0, 0.1) is 11.6 Å². The lowest BCUT2D eigenvalue weighted by Crippen LogP contribution is -2.19. The molecule has 0 fully saturated rings. The van der Waals surface area contributed by atoms with Gasteiger partial charge in [0.2, 0.25) is 0 Å². The van der Waals surface area contributed by atoms with E-state index in [-0.39, 0.29) is 6.10 Å². The number of ether oxygens (including phenoxy) is 2. The van der Waals surface area contributed by atoms with E-state index in [1.807, 2.05) is 6.92 Å². The molecule has 1 aromatic rings. The first-order valence-electron chi connectivity index (χ1n) is 6.45. The van der Waals surface area contributed by atoms with Gasteiger partial charge < -0.3 is 14.8 Å². The van der Waals surface area contributed by atoms with Crippen LogP contribution in [0.1, 0.15) is 26.3 Å². The van der Waals surface area contributed by atoms with Crippen molar-refractivity contribution in [1.29, 1.82) is 0 Å². The second-order valence-corrected chi connectivity index (χ2v) is 4.50. The Kier molecular flexibility index (Phi) is 6.38. The molecule has 4 nitrogen and oxygen atoms in total. The fraction of sp³-hybridized carbons (Fsp3) is 0.500. The molecule has 1 rings (SSSR count). The third kappa shape index (κ3) is 5.13. The molecule has 6 heteroatoms. The summed E-state index contributed by atoms with van der Waals surface area (Å²) in [5.74, 6) is -2.91. The highest BCUT2D eigenvalue weighted by atomic mass is 19.1. The lowest BCUT2D eigenvalue weighted by molar-refractivity contribution is -0.149. The van der Waals surface area contributed by atoms with Crippen molar-refractivity contribution in [3.05, 3.63) is 29.3 Å². The minimum Gasteiger partial charge on any atom is -0.476 e. The van der Waals surface area contributed by atoms with E-state index in [1.165, 1.54) is 12.1 Å². The van der Waals surface area contributed by atoms with Gasteiger partial charge in [-0.25, -0.2) is 13.6 Å². The molecule has 0 atom stereocenters. The van der Waals surface area contributed by atoms with Gasteiger partial charge in [0.1, 0.15) is 0 Å². The van der Waals surface area contributed by atoms with Crippen LogP contribution in [0.3, 0.4) is 0 Å².